The Morgan fingerprint density at radius 3 is 3.00 bits per heavy atom. The topological polar surface area (TPSA) is 97.0 Å². The Hall–Kier alpha value is -1.67. The van der Waals surface area contributed by atoms with Crippen LogP contribution >= 0.6 is 0 Å². The minimum atomic E-state index is -0.515. The van der Waals surface area contributed by atoms with Crippen LogP contribution in [0.1, 0.15) is 6.42 Å². The summed E-state index contributed by atoms with van der Waals surface area (Å²) < 4.78 is 10.8. The second-order valence-electron chi connectivity index (χ2n) is 5.71. The SMILES string of the molecule is COC[C@H]1[C@@H](NC(=O)CN2CC(=O)NC2=O)[C@H]2CCO[C@H]21. The zero-order chi connectivity index (χ0) is 15.0. The van der Waals surface area contributed by atoms with Gasteiger partial charge in [0.15, 0.2) is 0 Å². The fourth-order valence-corrected chi connectivity index (χ4v) is 3.45. The van der Waals surface area contributed by atoms with Gasteiger partial charge in [-0.25, -0.2) is 4.79 Å². The Morgan fingerprint density at radius 1 is 1.52 bits per heavy atom. The molecule has 116 valence electrons. The number of hydrogen-bond donors (Lipinski definition) is 2. The van der Waals surface area contributed by atoms with Crippen LogP contribution in [-0.2, 0) is 19.1 Å². The van der Waals surface area contributed by atoms with Crippen LogP contribution in [0.15, 0.2) is 0 Å². The highest BCUT2D eigenvalue weighted by molar-refractivity contribution is 6.03. The van der Waals surface area contributed by atoms with Crippen molar-refractivity contribution in [1.82, 2.24) is 15.5 Å². The predicted octanol–water partition coefficient (Wildman–Crippen LogP) is -1.30. The van der Waals surface area contributed by atoms with Crippen LogP contribution in [-0.4, -0.2) is 68.3 Å². The number of imide groups is 1. The lowest BCUT2D eigenvalue weighted by atomic mass is 9.67. The number of fused-ring (bicyclic) bond motifs is 1. The number of hydrogen-bond acceptors (Lipinski definition) is 5. The Labute approximate surface area is 122 Å². The summed E-state index contributed by atoms with van der Waals surface area (Å²) in [6.45, 7) is 1.08. The molecule has 0 aromatic heterocycles. The summed E-state index contributed by atoms with van der Waals surface area (Å²) in [4.78, 5) is 35.8. The Morgan fingerprint density at radius 2 is 2.33 bits per heavy atom. The molecule has 21 heavy (non-hydrogen) atoms. The van der Waals surface area contributed by atoms with Crippen molar-refractivity contribution in [2.24, 2.45) is 11.8 Å². The van der Waals surface area contributed by atoms with E-state index in [1.807, 2.05) is 0 Å². The van der Waals surface area contributed by atoms with E-state index in [2.05, 4.69) is 10.6 Å². The van der Waals surface area contributed by atoms with Gasteiger partial charge in [0, 0.05) is 31.6 Å². The van der Waals surface area contributed by atoms with Gasteiger partial charge in [0.2, 0.25) is 11.8 Å². The highest BCUT2D eigenvalue weighted by Crippen LogP contribution is 2.43. The molecule has 1 aliphatic carbocycles. The van der Waals surface area contributed by atoms with Gasteiger partial charge < -0.3 is 19.7 Å². The van der Waals surface area contributed by atoms with Gasteiger partial charge >= 0.3 is 6.03 Å². The standard InChI is InChI=1S/C13H19N3O5/c1-20-6-8-11(7-2-3-21-12(7)8)14-9(17)4-16-5-10(18)15-13(16)19/h7-8,11-12H,2-6H2,1H3,(H,14,17)(H,15,18,19)/t7-,8+,11+,12-/m1/s1. The Balaban J connectivity index is 1.54. The molecule has 3 aliphatic rings. The zero-order valence-electron chi connectivity index (χ0n) is 11.8. The number of urea groups is 1. The van der Waals surface area contributed by atoms with Crippen LogP contribution in [0.4, 0.5) is 4.79 Å². The summed E-state index contributed by atoms with van der Waals surface area (Å²) in [5.41, 5.74) is 0. The number of carbonyl (C=O) groups is 3. The fourth-order valence-electron chi connectivity index (χ4n) is 3.45. The second-order valence-corrected chi connectivity index (χ2v) is 5.71. The summed E-state index contributed by atoms with van der Waals surface area (Å²) in [6.07, 6.45) is 1.09. The third-order valence-electron chi connectivity index (χ3n) is 4.42. The molecule has 1 saturated carbocycles. The highest BCUT2D eigenvalue weighted by atomic mass is 16.5. The lowest BCUT2D eigenvalue weighted by Crippen LogP contribution is -2.63. The first-order chi connectivity index (χ1) is 10.1. The molecule has 4 atom stereocenters. The van der Waals surface area contributed by atoms with Crippen LogP contribution in [0, 0.1) is 11.8 Å². The molecule has 8 heteroatoms. The van der Waals surface area contributed by atoms with Gasteiger partial charge in [-0.3, -0.25) is 14.9 Å². The number of rotatable bonds is 5. The maximum atomic E-state index is 12.1. The van der Waals surface area contributed by atoms with Gasteiger partial charge in [0.1, 0.15) is 13.1 Å². The van der Waals surface area contributed by atoms with Crippen molar-refractivity contribution in [3.63, 3.8) is 0 Å². The maximum absolute atomic E-state index is 12.1. The van der Waals surface area contributed by atoms with Crippen LogP contribution in [0.5, 0.6) is 0 Å². The molecule has 3 fully saturated rings. The monoisotopic (exact) mass is 297 g/mol. The summed E-state index contributed by atoms with van der Waals surface area (Å²) >= 11 is 0. The first kappa shape index (κ1) is 14.3. The summed E-state index contributed by atoms with van der Waals surface area (Å²) in [6, 6.07) is -0.495. The molecule has 8 nitrogen and oxygen atoms in total. The minimum Gasteiger partial charge on any atom is -0.384 e. The molecule has 0 spiro atoms. The molecule has 0 bridgehead atoms. The maximum Gasteiger partial charge on any atom is 0.325 e. The molecule has 2 aliphatic heterocycles. The van der Waals surface area contributed by atoms with Gasteiger partial charge in [-0.1, -0.05) is 0 Å². The molecular formula is C13H19N3O5. The first-order valence-corrected chi connectivity index (χ1v) is 7.09. The molecule has 0 aromatic rings. The van der Waals surface area contributed by atoms with E-state index in [9.17, 15) is 14.4 Å². The number of ether oxygens (including phenoxy) is 2. The van der Waals surface area contributed by atoms with E-state index in [-0.39, 0.29) is 43.0 Å². The van der Waals surface area contributed by atoms with E-state index in [1.165, 1.54) is 4.90 Å². The lowest BCUT2D eigenvalue weighted by molar-refractivity contribution is -0.130. The van der Waals surface area contributed by atoms with Crippen LogP contribution in [0.3, 0.4) is 0 Å². The van der Waals surface area contributed by atoms with Crippen LogP contribution in [0.2, 0.25) is 0 Å². The van der Waals surface area contributed by atoms with E-state index in [1.54, 1.807) is 7.11 Å². The smallest absolute Gasteiger partial charge is 0.325 e. The molecule has 2 heterocycles. The molecule has 2 saturated heterocycles. The number of nitrogens with one attached hydrogen (secondary N) is 2. The first-order valence-electron chi connectivity index (χ1n) is 7.09. The van der Waals surface area contributed by atoms with E-state index >= 15 is 0 Å². The summed E-state index contributed by atoms with van der Waals surface area (Å²) in [7, 11) is 1.63. The normalized spacial score (nSPS) is 34.4. The predicted molar refractivity (Wildman–Crippen MR) is 70.3 cm³/mol. The largest absolute Gasteiger partial charge is 0.384 e. The number of methoxy groups -OCH3 is 1. The van der Waals surface area contributed by atoms with Gasteiger partial charge in [-0.2, -0.15) is 0 Å². The van der Waals surface area contributed by atoms with E-state index in [0.717, 1.165) is 6.42 Å². The van der Waals surface area contributed by atoms with Crippen LogP contribution in [0.25, 0.3) is 0 Å². The molecule has 2 N–H and O–H groups in total. The zero-order valence-corrected chi connectivity index (χ0v) is 11.8. The molecule has 0 unspecified atom stereocenters. The number of nitrogens with zero attached hydrogens (tertiary/aromatic N) is 1. The van der Waals surface area contributed by atoms with E-state index < -0.39 is 6.03 Å². The molecule has 0 aromatic carbocycles. The van der Waals surface area contributed by atoms with Gasteiger partial charge in [0.25, 0.3) is 0 Å². The highest BCUT2D eigenvalue weighted by Gasteiger charge is 2.54. The van der Waals surface area contributed by atoms with E-state index in [4.69, 9.17) is 9.47 Å². The molecule has 4 amide bonds. The Bertz CT molecular complexity index is 469. The Kier molecular flexibility index (Phi) is 3.81. The minimum absolute atomic E-state index is 0.0197. The molecule has 0 radical (unpaired) electrons. The molecular weight excluding hydrogens is 278 g/mol. The van der Waals surface area contributed by atoms with Gasteiger partial charge in [0.05, 0.1) is 12.7 Å². The average Bonchev–Trinajstić information content (AvgIpc) is 2.98. The van der Waals surface area contributed by atoms with Crippen molar-refractivity contribution >= 4 is 17.8 Å². The fraction of sp³-hybridized carbons (Fsp3) is 0.769. The number of amides is 4. The summed E-state index contributed by atoms with van der Waals surface area (Å²) in [5.74, 6) is -0.155. The van der Waals surface area contributed by atoms with Crippen molar-refractivity contribution in [3.8, 4) is 0 Å². The van der Waals surface area contributed by atoms with E-state index in [0.29, 0.717) is 19.1 Å². The van der Waals surface area contributed by atoms with Gasteiger partial charge in [-0.15, -0.1) is 0 Å². The molecule has 3 rings (SSSR count). The third-order valence-corrected chi connectivity index (χ3v) is 4.42. The van der Waals surface area contributed by atoms with Crippen LogP contribution < -0.4 is 10.6 Å². The average molecular weight is 297 g/mol. The van der Waals surface area contributed by atoms with Crippen molar-refractivity contribution < 1.29 is 23.9 Å². The third kappa shape index (κ3) is 2.60. The lowest BCUT2D eigenvalue weighted by Gasteiger charge is -2.47. The summed E-state index contributed by atoms with van der Waals surface area (Å²) in [5, 5.41) is 5.10. The van der Waals surface area contributed by atoms with Crippen molar-refractivity contribution in [3.05, 3.63) is 0 Å². The quantitative estimate of drug-likeness (QED) is 0.615. The van der Waals surface area contributed by atoms with Crippen molar-refractivity contribution in [2.45, 2.75) is 18.6 Å². The van der Waals surface area contributed by atoms with Crippen molar-refractivity contribution in [1.29, 1.82) is 0 Å². The van der Waals surface area contributed by atoms with Crippen molar-refractivity contribution in [2.75, 3.05) is 33.4 Å². The van der Waals surface area contributed by atoms with Gasteiger partial charge in [-0.05, 0) is 6.42 Å². The number of carbonyl (C=O) groups excluding carboxylic acids is 3. The second kappa shape index (κ2) is 5.61.